The molecule has 3 nitrogen and oxygen atoms in total. The van der Waals surface area contributed by atoms with Gasteiger partial charge >= 0.3 is 5.97 Å². The van der Waals surface area contributed by atoms with Gasteiger partial charge in [-0.1, -0.05) is 0 Å². The maximum Gasteiger partial charge on any atom is 0.311 e. The van der Waals surface area contributed by atoms with Gasteiger partial charge < -0.3 is 10.1 Å². The van der Waals surface area contributed by atoms with Gasteiger partial charge in [-0.25, -0.2) is 0 Å². The third-order valence-electron chi connectivity index (χ3n) is 5.47. The van der Waals surface area contributed by atoms with Crippen molar-refractivity contribution >= 4 is 5.97 Å². The molecule has 3 unspecified atom stereocenters. The van der Waals surface area contributed by atoms with E-state index in [9.17, 15) is 4.79 Å². The Kier molecular flexibility index (Phi) is 2.97. The van der Waals surface area contributed by atoms with Gasteiger partial charge in [0.25, 0.3) is 0 Å². The Morgan fingerprint density at radius 2 is 1.74 bits per heavy atom. The van der Waals surface area contributed by atoms with E-state index in [1.165, 1.54) is 32.1 Å². The molecule has 4 aliphatic rings. The van der Waals surface area contributed by atoms with E-state index in [2.05, 4.69) is 5.32 Å². The van der Waals surface area contributed by atoms with Gasteiger partial charge in [-0.3, -0.25) is 4.79 Å². The van der Waals surface area contributed by atoms with E-state index >= 15 is 0 Å². The van der Waals surface area contributed by atoms with Crippen LogP contribution < -0.4 is 5.32 Å². The average Bonchev–Trinajstić information content (AvgIpc) is 2.24. The summed E-state index contributed by atoms with van der Waals surface area (Å²) >= 11 is 0. The molecule has 0 aromatic rings. The maximum absolute atomic E-state index is 12.7. The number of rotatable bonds is 2. The highest BCUT2D eigenvalue weighted by Crippen LogP contribution is 2.58. The third kappa shape index (κ3) is 2.20. The first-order chi connectivity index (χ1) is 8.83. The second-order valence-electron chi connectivity index (χ2n) is 8.02. The van der Waals surface area contributed by atoms with Crippen LogP contribution in [0.5, 0.6) is 0 Å². The van der Waals surface area contributed by atoms with Crippen molar-refractivity contribution in [2.24, 2.45) is 23.7 Å². The SMILES string of the molecule is CNC12CC3CC(CC(C3)C1C(=O)OC(C)(C)C)C2. The Hall–Kier alpha value is -0.570. The fraction of sp³-hybridized carbons (Fsp3) is 0.938. The molecule has 3 heteroatoms. The molecule has 0 saturated heterocycles. The molecule has 1 N–H and O–H groups in total. The number of nitrogens with one attached hydrogen (secondary N) is 1. The molecule has 0 aromatic carbocycles. The summed E-state index contributed by atoms with van der Waals surface area (Å²) in [5.41, 5.74) is -0.349. The summed E-state index contributed by atoms with van der Waals surface area (Å²) in [5.74, 6) is 2.33. The third-order valence-corrected chi connectivity index (χ3v) is 5.47. The fourth-order valence-electron chi connectivity index (χ4n) is 5.18. The second-order valence-corrected chi connectivity index (χ2v) is 8.02. The van der Waals surface area contributed by atoms with Crippen LogP contribution in [0.25, 0.3) is 0 Å². The van der Waals surface area contributed by atoms with Crippen molar-refractivity contribution in [3.05, 3.63) is 0 Å². The molecule has 4 saturated carbocycles. The highest BCUT2D eigenvalue weighted by molar-refractivity contribution is 5.75. The zero-order valence-corrected chi connectivity index (χ0v) is 12.7. The minimum Gasteiger partial charge on any atom is -0.460 e. The number of ether oxygens (including phenoxy) is 1. The lowest BCUT2D eigenvalue weighted by atomic mass is 9.48. The van der Waals surface area contributed by atoms with Crippen LogP contribution in [-0.4, -0.2) is 24.2 Å². The van der Waals surface area contributed by atoms with Gasteiger partial charge in [0, 0.05) is 5.54 Å². The summed E-state index contributed by atoms with van der Waals surface area (Å²) in [4.78, 5) is 12.7. The first kappa shape index (κ1) is 13.4. The highest BCUT2D eigenvalue weighted by atomic mass is 16.6. The maximum atomic E-state index is 12.7. The van der Waals surface area contributed by atoms with Crippen molar-refractivity contribution < 1.29 is 9.53 Å². The van der Waals surface area contributed by atoms with Gasteiger partial charge in [-0.15, -0.1) is 0 Å². The van der Waals surface area contributed by atoms with Gasteiger partial charge in [0.1, 0.15) is 5.60 Å². The Labute approximate surface area is 116 Å². The molecule has 0 radical (unpaired) electrons. The summed E-state index contributed by atoms with van der Waals surface area (Å²) in [6.45, 7) is 5.90. The van der Waals surface area contributed by atoms with Crippen LogP contribution in [0.4, 0.5) is 0 Å². The van der Waals surface area contributed by atoms with E-state index in [4.69, 9.17) is 4.74 Å². The van der Waals surface area contributed by atoms with Crippen molar-refractivity contribution in [2.45, 2.75) is 64.0 Å². The minimum absolute atomic E-state index is 0.0249. The molecular formula is C16H27NO2. The molecule has 3 atom stereocenters. The van der Waals surface area contributed by atoms with Gasteiger partial charge in [0.2, 0.25) is 0 Å². The first-order valence-corrected chi connectivity index (χ1v) is 7.75. The molecule has 4 rings (SSSR count). The van der Waals surface area contributed by atoms with Gasteiger partial charge in [0.15, 0.2) is 0 Å². The Bertz CT molecular complexity index is 371. The van der Waals surface area contributed by atoms with Crippen molar-refractivity contribution in [3.63, 3.8) is 0 Å². The Balaban J connectivity index is 1.85. The summed E-state index contributed by atoms with van der Waals surface area (Å²) in [7, 11) is 2.03. The van der Waals surface area contributed by atoms with Crippen molar-refractivity contribution in [2.75, 3.05) is 7.05 Å². The molecule has 0 amide bonds. The Morgan fingerprint density at radius 1 is 1.16 bits per heavy atom. The van der Waals surface area contributed by atoms with Crippen LogP contribution in [-0.2, 0) is 9.53 Å². The molecule has 19 heavy (non-hydrogen) atoms. The smallest absolute Gasteiger partial charge is 0.311 e. The van der Waals surface area contributed by atoms with E-state index in [-0.39, 0.29) is 23.0 Å². The number of esters is 1. The van der Waals surface area contributed by atoms with E-state index in [0.29, 0.717) is 5.92 Å². The topological polar surface area (TPSA) is 38.3 Å². The lowest BCUT2D eigenvalue weighted by Crippen LogP contribution is -2.65. The number of hydrogen-bond donors (Lipinski definition) is 1. The summed E-state index contributed by atoms with van der Waals surface area (Å²) in [6, 6.07) is 0. The normalized spacial score (nSPS) is 44.4. The van der Waals surface area contributed by atoms with Crippen LogP contribution in [0, 0.1) is 23.7 Å². The molecule has 4 fully saturated rings. The van der Waals surface area contributed by atoms with E-state index < -0.39 is 0 Å². The van der Waals surface area contributed by atoms with Crippen molar-refractivity contribution in [1.82, 2.24) is 5.32 Å². The van der Waals surface area contributed by atoms with Crippen LogP contribution in [0.3, 0.4) is 0 Å². The highest BCUT2D eigenvalue weighted by Gasteiger charge is 2.59. The standard InChI is InChI=1S/C16H27NO2/c1-15(2,3)19-14(18)13-12-6-10-5-11(7-12)9-16(13,8-10)17-4/h10-13,17H,5-9H2,1-4H3. The quantitative estimate of drug-likeness (QED) is 0.780. The summed E-state index contributed by atoms with van der Waals surface area (Å²) in [5, 5.41) is 3.53. The fourth-order valence-corrected chi connectivity index (χ4v) is 5.18. The molecule has 0 spiro atoms. The predicted octanol–water partition coefficient (Wildman–Crippen LogP) is 2.74. The molecule has 0 aliphatic heterocycles. The van der Waals surface area contributed by atoms with E-state index in [1.54, 1.807) is 0 Å². The predicted molar refractivity (Wildman–Crippen MR) is 74.7 cm³/mol. The largest absolute Gasteiger partial charge is 0.460 e. The molecule has 108 valence electrons. The van der Waals surface area contributed by atoms with Crippen molar-refractivity contribution in [3.8, 4) is 0 Å². The first-order valence-electron chi connectivity index (χ1n) is 7.75. The summed E-state index contributed by atoms with van der Waals surface area (Å²) in [6.07, 6.45) is 6.20. The van der Waals surface area contributed by atoms with E-state index in [0.717, 1.165) is 11.8 Å². The molecule has 0 aromatic heterocycles. The Morgan fingerprint density at radius 3 is 2.21 bits per heavy atom. The van der Waals surface area contributed by atoms with Gasteiger partial charge in [0.05, 0.1) is 5.92 Å². The van der Waals surface area contributed by atoms with E-state index in [1.807, 2.05) is 27.8 Å². The van der Waals surface area contributed by atoms with Crippen LogP contribution in [0.15, 0.2) is 0 Å². The molecular weight excluding hydrogens is 238 g/mol. The van der Waals surface area contributed by atoms with Crippen LogP contribution >= 0.6 is 0 Å². The monoisotopic (exact) mass is 265 g/mol. The lowest BCUT2D eigenvalue weighted by molar-refractivity contribution is -0.177. The molecule has 4 aliphatic carbocycles. The summed E-state index contributed by atoms with van der Waals surface area (Å²) < 4.78 is 5.71. The lowest BCUT2D eigenvalue weighted by Gasteiger charge is -2.60. The van der Waals surface area contributed by atoms with Gasteiger partial charge in [-0.2, -0.15) is 0 Å². The zero-order chi connectivity index (χ0) is 13.8. The second kappa shape index (κ2) is 4.21. The van der Waals surface area contributed by atoms with Crippen LogP contribution in [0.1, 0.15) is 52.9 Å². The zero-order valence-electron chi connectivity index (χ0n) is 12.7. The average molecular weight is 265 g/mol. The number of carbonyl (C=O) groups excluding carboxylic acids is 1. The molecule has 0 heterocycles. The van der Waals surface area contributed by atoms with Crippen molar-refractivity contribution in [1.29, 1.82) is 0 Å². The molecule has 4 bridgehead atoms. The number of carbonyl (C=O) groups is 1. The van der Waals surface area contributed by atoms with Gasteiger partial charge in [-0.05, 0) is 77.7 Å². The number of hydrogen-bond acceptors (Lipinski definition) is 3. The van der Waals surface area contributed by atoms with Crippen LogP contribution in [0.2, 0.25) is 0 Å². The minimum atomic E-state index is -0.374.